The Labute approximate surface area is 55.6 Å². The Morgan fingerprint density at radius 3 is 2.78 bits per heavy atom. The third kappa shape index (κ3) is 4.89. The zero-order chi connectivity index (χ0) is 7.11. The standard InChI is InChI=1S/C7H11NO/c1-3-4-5-6-7(9)8-2/h5-6H2,1-2H3,(H,8,9). The van der Waals surface area contributed by atoms with Crippen LogP contribution in [-0.2, 0) is 4.79 Å². The second-order valence-corrected chi connectivity index (χ2v) is 1.60. The summed E-state index contributed by atoms with van der Waals surface area (Å²) in [6, 6.07) is 0. The molecule has 2 nitrogen and oxygen atoms in total. The molecule has 0 aliphatic rings. The number of rotatable bonds is 2. The molecule has 0 spiro atoms. The normalized spacial score (nSPS) is 7.33. The zero-order valence-corrected chi connectivity index (χ0v) is 5.82. The highest BCUT2D eigenvalue weighted by Crippen LogP contribution is 1.83. The summed E-state index contributed by atoms with van der Waals surface area (Å²) in [7, 11) is 1.63. The Morgan fingerprint density at radius 1 is 1.67 bits per heavy atom. The summed E-state index contributed by atoms with van der Waals surface area (Å²) in [6.45, 7) is 1.77. The Balaban J connectivity index is 3.24. The molecule has 0 unspecified atom stereocenters. The van der Waals surface area contributed by atoms with E-state index in [4.69, 9.17) is 0 Å². The maximum absolute atomic E-state index is 10.5. The highest BCUT2D eigenvalue weighted by Gasteiger charge is 1.91. The predicted molar refractivity (Wildman–Crippen MR) is 36.8 cm³/mol. The minimum atomic E-state index is 0.0535. The van der Waals surface area contributed by atoms with Crippen LogP contribution in [0.25, 0.3) is 0 Å². The van der Waals surface area contributed by atoms with Gasteiger partial charge in [-0.1, -0.05) is 0 Å². The summed E-state index contributed by atoms with van der Waals surface area (Å²) < 4.78 is 0. The van der Waals surface area contributed by atoms with E-state index in [1.54, 1.807) is 14.0 Å². The minimum absolute atomic E-state index is 0.0535. The van der Waals surface area contributed by atoms with Crippen LogP contribution in [0.4, 0.5) is 0 Å². The van der Waals surface area contributed by atoms with Gasteiger partial charge in [-0.3, -0.25) is 4.79 Å². The van der Waals surface area contributed by atoms with Crippen LogP contribution in [0.1, 0.15) is 19.8 Å². The molecule has 0 aromatic heterocycles. The summed E-state index contributed by atoms with van der Waals surface area (Å²) in [6.07, 6.45) is 1.17. The van der Waals surface area contributed by atoms with Crippen molar-refractivity contribution >= 4 is 5.91 Å². The van der Waals surface area contributed by atoms with Crippen LogP contribution in [-0.4, -0.2) is 13.0 Å². The van der Waals surface area contributed by atoms with E-state index in [-0.39, 0.29) is 5.91 Å². The first-order chi connectivity index (χ1) is 4.31. The fraction of sp³-hybridized carbons (Fsp3) is 0.571. The molecular formula is C7H11NO. The quantitative estimate of drug-likeness (QED) is 0.536. The molecule has 0 saturated heterocycles. The van der Waals surface area contributed by atoms with Gasteiger partial charge in [0.15, 0.2) is 0 Å². The molecule has 0 heterocycles. The first kappa shape index (κ1) is 8.03. The lowest BCUT2D eigenvalue weighted by Gasteiger charge is -1.91. The zero-order valence-electron chi connectivity index (χ0n) is 5.82. The lowest BCUT2D eigenvalue weighted by Crippen LogP contribution is -2.16. The van der Waals surface area contributed by atoms with Gasteiger partial charge in [-0.15, -0.1) is 11.8 Å². The van der Waals surface area contributed by atoms with Crippen LogP contribution in [0.5, 0.6) is 0 Å². The van der Waals surface area contributed by atoms with Gasteiger partial charge in [-0.2, -0.15) is 0 Å². The maximum atomic E-state index is 10.5. The fourth-order valence-electron chi connectivity index (χ4n) is 0.426. The molecule has 0 aromatic rings. The molecule has 50 valence electrons. The van der Waals surface area contributed by atoms with E-state index in [9.17, 15) is 4.79 Å². The van der Waals surface area contributed by atoms with E-state index < -0.39 is 0 Å². The van der Waals surface area contributed by atoms with Gasteiger partial charge in [0.05, 0.1) is 0 Å². The molecule has 0 aliphatic heterocycles. The molecule has 0 rings (SSSR count). The van der Waals surface area contributed by atoms with Crippen LogP contribution in [0.2, 0.25) is 0 Å². The molecule has 0 aromatic carbocycles. The smallest absolute Gasteiger partial charge is 0.220 e. The van der Waals surface area contributed by atoms with Crippen molar-refractivity contribution in [2.75, 3.05) is 7.05 Å². The Morgan fingerprint density at radius 2 is 2.33 bits per heavy atom. The van der Waals surface area contributed by atoms with E-state index in [1.165, 1.54) is 0 Å². The molecule has 0 atom stereocenters. The number of hydrogen-bond donors (Lipinski definition) is 1. The lowest BCUT2D eigenvalue weighted by atomic mass is 10.3. The third-order valence-corrected chi connectivity index (χ3v) is 0.933. The van der Waals surface area contributed by atoms with Crippen LogP contribution < -0.4 is 5.32 Å². The van der Waals surface area contributed by atoms with E-state index in [0.717, 1.165) is 0 Å². The first-order valence-corrected chi connectivity index (χ1v) is 2.91. The van der Waals surface area contributed by atoms with Crippen LogP contribution in [0.15, 0.2) is 0 Å². The lowest BCUT2D eigenvalue weighted by molar-refractivity contribution is -0.120. The van der Waals surface area contributed by atoms with Crippen molar-refractivity contribution in [3.05, 3.63) is 0 Å². The van der Waals surface area contributed by atoms with E-state index in [0.29, 0.717) is 12.8 Å². The van der Waals surface area contributed by atoms with E-state index >= 15 is 0 Å². The number of amides is 1. The van der Waals surface area contributed by atoms with Crippen molar-refractivity contribution in [3.8, 4) is 11.8 Å². The van der Waals surface area contributed by atoms with Crippen molar-refractivity contribution in [1.82, 2.24) is 5.32 Å². The summed E-state index contributed by atoms with van der Waals surface area (Å²) in [5.74, 6) is 5.57. The average molecular weight is 125 g/mol. The third-order valence-electron chi connectivity index (χ3n) is 0.933. The number of nitrogens with one attached hydrogen (secondary N) is 1. The molecule has 0 aliphatic carbocycles. The minimum Gasteiger partial charge on any atom is -0.359 e. The molecule has 0 radical (unpaired) electrons. The second kappa shape index (κ2) is 5.17. The fourth-order valence-corrected chi connectivity index (χ4v) is 0.426. The molecule has 0 fully saturated rings. The summed E-state index contributed by atoms with van der Waals surface area (Å²) in [4.78, 5) is 10.5. The van der Waals surface area contributed by atoms with Gasteiger partial charge < -0.3 is 5.32 Å². The van der Waals surface area contributed by atoms with Gasteiger partial charge in [0.1, 0.15) is 0 Å². The van der Waals surface area contributed by atoms with Crippen LogP contribution in [0.3, 0.4) is 0 Å². The van der Waals surface area contributed by atoms with Gasteiger partial charge in [-0.25, -0.2) is 0 Å². The van der Waals surface area contributed by atoms with Crippen molar-refractivity contribution in [2.45, 2.75) is 19.8 Å². The van der Waals surface area contributed by atoms with Crippen molar-refractivity contribution in [1.29, 1.82) is 0 Å². The van der Waals surface area contributed by atoms with E-state index in [1.807, 2.05) is 0 Å². The summed E-state index contributed by atoms with van der Waals surface area (Å²) >= 11 is 0. The van der Waals surface area contributed by atoms with Crippen molar-refractivity contribution in [2.24, 2.45) is 0 Å². The topological polar surface area (TPSA) is 29.1 Å². The Kier molecular flexibility index (Phi) is 4.61. The largest absolute Gasteiger partial charge is 0.359 e. The summed E-state index contributed by atoms with van der Waals surface area (Å²) in [5, 5.41) is 2.52. The summed E-state index contributed by atoms with van der Waals surface area (Å²) in [5.41, 5.74) is 0. The number of hydrogen-bond acceptors (Lipinski definition) is 1. The molecule has 0 bridgehead atoms. The average Bonchev–Trinajstić information content (AvgIpc) is 1.89. The highest BCUT2D eigenvalue weighted by molar-refractivity contribution is 5.75. The van der Waals surface area contributed by atoms with E-state index in [2.05, 4.69) is 17.2 Å². The molecule has 1 amide bonds. The van der Waals surface area contributed by atoms with Gasteiger partial charge in [-0.05, 0) is 6.92 Å². The maximum Gasteiger partial charge on any atom is 0.220 e. The van der Waals surface area contributed by atoms with Gasteiger partial charge in [0, 0.05) is 19.9 Å². The van der Waals surface area contributed by atoms with Gasteiger partial charge in [0.2, 0.25) is 5.91 Å². The molecule has 0 saturated carbocycles. The molecule has 2 heteroatoms. The Bertz CT molecular complexity index is 141. The highest BCUT2D eigenvalue weighted by atomic mass is 16.1. The number of carbonyl (C=O) groups excluding carboxylic acids is 1. The molecular weight excluding hydrogens is 114 g/mol. The monoisotopic (exact) mass is 125 g/mol. The second-order valence-electron chi connectivity index (χ2n) is 1.60. The predicted octanol–water partition coefficient (Wildman–Crippen LogP) is 0.536. The van der Waals surface area contributed by atoms with Crippen molar-refractivity contribution < 1.29 is 4.79 Å². The van der Waals surface area contributed by atoms with Gasteiger partial charge >= 0.3 is 0 Å². The first-order valence-electron chi connectivity index (χ1n) is 2.91. The van der Waals surface area contributed by atoms with Crippen LogP contribution in [0, 0.1) is 11.8 Å². The Hall–Kier alpha value is -0.970. The number of carbonyl (C=O) groups is 1. The van der Waals surface area contributed by atoms with Gasteiger partial charge in [0.25, 0.3) is 0 Å². The van der Waals surface area contributed by atoms with Crippen LogP contribution >= 0.6 is 0 Å². The molecule has 1 N–H and O–H groups in total. The molecule has 9 heavy (non-hydrogen) atoms. The SMILES string of the molecule is CC#CCCC(=O)NC. The van der Waals surface area contributed by atoms with Crippen molar-refractivity contribution in [3.63, 3.8) is 0 Å².